The average molecular weight is 287 g/mol. The minimum atomic E-state index is -0.461. The van der Waals surface area contributed by atoms with E-state index < -0.39 is 5.82 Å². The summed E-state index contributed by atoms with van der Waals surface area (Å²) in [4.78, 5) is 14.3. The van der Waals surface area contributed by atoms with Gasteiger partial charge in [0.05, 0.1) is 5.56 Å². The highest BCUT2D eigenvalue weighted by Crippen LogP contribution is 2.20. The van der Waals surface area contributed by atoms with Gasteiger partial charge in [-0.15, -0.1) is 0 Å². The Bertz CT molecular complexity index is 656. The third-order valence-electron chi connectivity index (χ3n) is 3.01. The molecule has 21 heavy (non-hydrogen) atoms. The first-order valence-electron chi connectivity index (χ1n) is 6.56. The number of nitrogens with zero attached hydrogens (tertiary/aromatic N) is 1. The molecule has 0 saturated carbocycles. The first kappa shape index (κ1) is 15.0. The molecule has 5 heteroatoms. The molecule has 3 N–H and O–H groups in total. The summed E-state index contributed by atoms with van der Waals surface area (Å²) >= 11 is 0. The van der Waals surface area contributed by atoms with Crippen molar-refractivity contribution in [3.8, 4) is 0 Å². The molecule has 0 spiro atoms. The van der Waals surface area contributed by atoms with Crippen molar-refractivity contribution >= 4 is 17.3 Å². The first-order valence-corrected chi connectivity index (χ1v) is 6.56. The van der Waals surface area contributed by atoms with Crippen LogP contribution in [-0.4, -0.2) is 24.9 Å². The van der Waals surface area contributed by atoms with Crippen molar-refractivity contribution in [3.63, 3.8) is 0 Å². The third kappa shape index (κ3) is 3.79. The van der Waals surface area contributed by atoms with Crippen molar-refractivity contribution in [2.24, 2.45) is 0 Å². The maximum atomic E-state index is 13.0. The van der Waals surface area contributed by atoms with Crippen molar-refractivity contribution in [3.05, 3.63) is 59.4 Å². The summed E-state index contributed by atoms with van der Waals surface area (Å²) in [6.45, 7) is 0.704. The van der Waals surface area contributed by atoms with Crippen LogP contribution >= 0.6 is 0 Å². The van der Waals surface area contributed by atoms with E-state index in [1.54, 1.807) is 0 Å². The molecular weight excluding hydrogens is 269 g/mol. The van der Waals surface area contributed by atoms with Crippen LogP contribution in [0.2, 0.25) is 0 Å². The van der Waals surface area contributed by atoms with Gasteiger partial charge in [-0.1, -0.05) is 18.2 Å². The van der Waals surface area contributed by atoms with Crippen molar-refractivity contribution in [1.29, 1.82) is 0 Å². The van der Waals surface area contributed by atoms with E-state index >= 15 is 0 Å². The molecule has 0 aromatic heterocycles. The lowest BCUT2D eigenvalue weighted by molar-refractivity contribution is 0.102. The fourth-order valence-corrected chi connectivity index (χ4v) is 2.05. The summed E-state index contributed by atoms with van der Waals surface area (Å²) in [5.41, 5.74) is 7.79. The summed E-state index contributed by atoms with van der Waals surface area (Å²) in [5.74, 6) is -0.809. The number of halogens is 1. The Morgan fingerprint density at radius 3 is 2.62 bits per heavy atom. The van der Waals surface area contributed by atoms with E-state index in [1.165, 1.54) is 12.1 Å². The first-order chi connectivity index (χ1) is 9.97. The van der Waals surface area contributed by atoms with Gasteiger partial charge in [0.25, 0.3) is 5.91 Å². The van der Waals surface area contributed by atoms with Crippen LogP contribution in [0.25, 0.3) is 0 Å². The summed E-state index contributed by atoms with van der Waals surface area (Å²) < 4.78 is 13.0. The van der Waals surface area contributed by atoms with Crippen molar-refractivity contribution in [2.45, 2.75) is 6.54 Å². The fourth-order valence-electron chi connectivity index (χ4n) is 2.05. The number of benzene rings is 2. The normalized spacial score (nSPS) is 10.7. The van der Waals surface area contributed by atoms with Crippen LogP contribution in [-0.2, 0) is 6.54 Å². The van der Waals surface area contributed by atoms with Gasteiger partial charge in [0.1, 0.15) is 5.82 Å². The summed E-state index contributed by atoms with van der Waals surface area (Å²) in [6.07, 6.45) is 0. The van der Waals surface area contributed by atoms with Crippen molar-refractivity contribution < 1.29 is 9.18 Å². The Hall–Kier alpha value is -2.40. The van der Waals surface area contributed by atoms with Gasteiger partial charge in [0, 0.05) is 17.9 Å². The lowest BCUT2D eigenvalue weighted by Crippen LogP contribution is -2.17. The van der Waals surface area contributed by atoms with E-state index in [4.69, 9.17) is 5.73 Å². The van der Waals surface area contributed by atoms with Crippen LogP contribution in [0.3, 0.4) is 0 Å². The molecule has 4 nitrogen and oxygen atoms in total. The van der Waals surface area contributed by atoms with E-state index in [0.29, 0.717) is 6.54 Å². The Labute approximate surface area is 123 Å². The maximum Gasteiger partial charge on any atom is 0.257 e. The number of hydrogen-bond donors (Lipinski definition) is 2. The van der Waals surface area contributed by atoms with Crippen LogP contribution in [0, 0.1) is 5.82 Å². The van der Waals surface area contributed by atoms with E-state index in [0.717, 1.165) is 17.3 Å². The number of nitrogens with two attached hydrogens (primary N) is 1. The number of carbonyl (C=O) groups excluding carboxylic acids is 1. The molecule has 0 fully saturated rings. The number of carbonyl (C=O) groups is 1. The molecule has 110 valence electrons. The van der Waals surface area contributed by atoms with Crippen LogP contribution in [0.4, 0.5) is 15.8 Å². The molecule has 0 radical (unpaired) electrons. The van der Waals surface area contributed by atoms with Gasteiger partial charge in [0.15, 0.2) is 0 Å². The zero-order chi connectivity index (χ0) is 15.4. The number of hydrogen-bond acceptors (Lipinski definition) is 3. The van der Waals surface area contributed by atoms with Gasteiger partial charge in [0.2, 0.25) is 0 Å². The van der Waals surface area contributed by atoms with E-state index in [9.17, 15) is 9.18 Å². The molecule has 0 aliphatic rings. The minimum absolute atomic E-state index is 0.123. The molecule has 0 saturated heterocycles. The van der Waals surface area contributed by atoms with Crippen molar-refractivity contribution in [1.82, 2.24) is 4.90 Å². The standard InChI is InChI=1S/C16H18FN3O/c1-20(2)10-11-5-3-4-6-15(11)19-16(21)13-8-7-12(17)9-14(13)18/h3-9H,10,18H2,1-2H3,(H,19,21). The predicted molar refractivity (Wildman–Crippen MR) is 82.6 cm³/mol. The van der Waals surface area contributed by atoms with Gasteiger partial charge in [-0.2, -0.15) is 0 Å². The molecule has 1 amide bonds. The number of rotatable bonds is 4. The summed E-state index contributed by atoms with van der Waals surface area (Å²) in [7, 11) is 3.91. The van der Waals surface area contributed by atoms with Gasteiger partial charge in [-0.3, -0.25) is 4.79 Å². The maximum absolute atomic E-state index is 13.0. The number of para-hydroxylation sites is 1. The van der Waals surface area contributed by atoms with E-state index in [2.05, 4.69) is 5.32 Å². The third-order valence-corrected chi connectivity index (χ3v) is 3.01. The monoisotopic (exact) mass is 287 g/mol. The molecule has 0 bridgehead atoms. The minimum Gasteiger partial charge on any atom is -0.398 e. The number of anilines is 2. The smallest absolute Gasteiger partial charge is 0.257 e. The molecular formula is C16H18FN3O. The fraction of sp³-hybridized carbons (Fsp3) is 0.188. The second-order valence-electron chi connectivity index (χ2n) is 5.08. The second-order valence-corrected chi connectivity index (χ2v) is 5.08. The Balaban J connectivity index is 2.23. The molecule has 0 unspecified atom stereocenters. The molecule has 0 atom stereocenters. The molecule has 0 aliphatic heterocycles. The van der Waals surface area contributed by atoms with E-state index in [1.807, 2.05) is 43.3 Å². The highest BCUT2D eigenvalue weighted by atomic mass is 19.1. The highest BCUT2D eigenvalue weighted by Gasteiger charge is 2.12. The quantitative estimate of drug-likeness (QED) is 0.850. The Morgan fingerprint density at radius 2 is 1.95 bits per heavy atom. The topological polar surface area (TPSA) is 58.4 Å². The van der Waals surface area contributed by atoms with Crippen LogP contribution in [0.15, 0.2) is 42.5 Å². The average Bonchev–Trinajstić information content (AvgIpc) is 2.40. The van der Waals surface area contributed by atoms with Gasteiger partial charge >= 0.3 is 0 Å². The van der Waals surface area contributed by atoms with Gasteiger partial charge in [-0.05, 0) is 43.9 Å². The molecule has 0 aliphatic carbocycles. The van der Waals surface area contributed by atoms with Crippen LogP contribution in [0.1, 0.15) is 15.9 Å². The number of nitrogen functional groups attached to an aromatic ring is 1. The largest absolute Gasteiger partial charge is 0.398 e. The molecule has 2 aromatic rings. The zero-order valence-electron chi connectivity index (χ0n) is 12.1. The van der Waals surface area contributed by atoms with Crippen LogP contribution < -0.4 is 11.1 Å². The predicted octanol–water partition coefficient (Wildman–Crippen LogP) is 2.72. The SMILES string of the molecule is CN(C)Cc1ccccc1NC(=O)c1ccc(F)cc1N. The summed E-state index contributed by atoms with van der Waals surface area (Å²) in [5, 5.41) is 2.82. The lowest BCUT2D eigenvalue weighted by atomic mass is 10.1. The number of amides is 1. The van der Waals surface area contributed by atoms with Crippen LogP contribution in [0.5, 0.6) is 0 Å². The van der Waals surface area contributed by atoms with Crippen molar-refractivity contribution in [2.75, 3.05) is 25.1 Å². The Morgan fingerprint density at radius 1 is 1.24 bits per heavy atom. The number of nitrogens with one attached hydrogen (secondary N) is 1. The lowest BCUT2D eigenvalue weighted by Gasteiger charge is -2.15. The molecule has 0 heterocycles. The highest BCUT2D eigenvalue weighted by molar-refractivity contribution is 6.08. The molecule has 2 aromatic carbocycles. The summed E-state index contributed by atoms with van der Waals surface area (Å²) in [6, 6.07) is 11.3. The van der Waals surface area contributed by atoms with Gasteiger partial charge in [-0.25, -0.2) is 4.39 Å². The Kier molecular flexibility index (Phi) is 4.55. The zero-order valence-corrected chi connectivity index (χ0v) is 12.1. The van der Waals surface area contributed by atoms with Gasteiger partial charge < -0.3 is 16.0 Å². The second kappa shape index (κ2) is 6.37. The van der Waals surface area contributed by atoms with E-state index in [-0.39, 0.29) is 17.2 Å². The molecule has 2 rings (SSSR count).